The molecule has 1 atom stereocenters. The van der Waals surface area contributed by atoms with Crippen LogP contribution in [0.2, 0.25) is 0 Å². The van der Waals surface area contributed by atoms with Gasteiger partial charge in [0.15, 0.2) is 11.5 Å². The van der Waals surface area contributed by atoms with Crippen molar-refractivity contribution in [1.29, 1.82) is 0 Å². The third-order valence-corrected chi connectivity index (χ3v) is 5.89. The molecule has 0 aromatic heterocycles. The average molecular weight is 505 g/mol. The molecular weight excluding hydrogens is 480 g/mol. The standard InChI is InChI=1S/C23H25BrN2O6/c1-25(2)9-10-26-20(13-5-8-18(32-4)16(27)12-13)19(22(29)23(26)30)21(28)14-6-7-17(31-3)15(24)11-14/h5-8,11-12,20,27-28H,9-10H2,1-4H3/b21-19-. The number of hydrogen-bond acceptors (Lipinski definition) is 7. The van der Waals surface area contributed by atoms with Crippen LogP contribution in [-0.4, -0.2) is 73.1 Å². The molecule has 1 saturated heterocycles. The van der Waals surface area contributed by atoms with Crippen LogP contribution >= 0.6 is 15.9 Å². The zero-order valence-corrected chi connectivity index (χ0v) is 19.8. The number of likely N-dealkylation sites (tertiary alicyclic amines) is 1. The highest BCUT2D eigenvalue weighted by molar-refractivity contribution is 9.10. The average Bonchev–Trinajstić information content (AvgIpc) is 3.01. The van der Waals surface area contributed by atoms with Crippen LogP contribution in [0.25, 0.3) is 5.76 Å². The molecule has 3 rings (SSSR count). The van der Waals surface area contributed by atoms with Gasteiger partial charge in [-0.1, -0.05) is 6.07 Å². The van der Waals surface area contributed by atoms with Gasteiger partial charge in [-0.15, -0.1) is 0 Å². The number of aliphatic hydroxyl groups is 1. The molecule has 1 aliphatic heterocycles. The lowest BCUT2D eigenvalue weighted by Crippen LogP contribution is -2.35. The second kappa shape index (κ2) is 9.62. The van der Waals surface area contributed by atoms with E-state index in [-0.39, 0.29) is 29.4 Å². The highest BCUT2D eigenvalue weighted by Crippen LogP contribution is 2.42. The molecule has 32 heavy (non-hydrogen) atoms. The number of ketones is 1. The van der Waals surface area contributed by atoms with Gasteiger partial charge in [0.1, 0.15) is 11.5 Å². The van der Waals surface area contributed by atoms with Crippen molar-refractivity contribution in [3.05, 3.63) is 57.6 Å². The largest absolute Gasteiger partial charge is 0.507 e. The van der Waals surface area contributed by atoms with Crippen molar-refractivity contribution >= 4 is 33.4 Å². The van der Waals surface area contributed by atoms with E-state index in [4.69, 9.17) is 9.47 Å². The first-order valence-corrected chi connectivity index (χ1v) is 10.6. The summed E-state index contributed by atoms with van der Waals surface area (Å²) in [6.07, 6.45) is 0. The zero-order chi connectivity index (χ0) is 23.6. The van der Waals surface area contributed by atoms with Crippen molar-refractivity contribution in [3.8, 4) is 17.2 Å². The molecule has 0 saturated carbocycles. The molecule has 1 aliphatic rings. The molecule has 170 valence electrons. The van der Waals surface area contributed by atoms with E-state index in [0.717, 1.165) is 0 Å². The summed E-state index contributed by atoms with van der Waals surface area (Å²) in [4.78, 5) is 29.2. The van der Waals surface area contributed by atoms with Crippen LogP contribution < -0.4 is 9.47 Å². The van der Waals surface area contributed by atoms with E-state index >= 15 is 0 Å². The minimum absolute atomic E-state index is 0.0459. The Hall–Kier alpha value is -3.04. The van der Waals surface area contributed by atoms with E-state index < -0.39 is 17.7 Å². The Balaban J connectivity index is 2.18. The van der Waals surface area contributed by atoms with Crippen molar-refractivity contribution in [2.24, 2.45) is 0 Å². The van der Waals surface area contributed by atoms with Gasteiger partial charge in [-0.2, -0.15) is 0 Å². The molecule has 1 fully saturated rings. The minimum atomic E-state index is -0.868. The number of likely N-dealkylation sites (N-methyl/N-ethyl adjacent to an activating group) is 1. The molecule has 2 aromatic rings. The summed E-state index contributed by atoms with van der Waals surface area (Å²) >= 11 is 3.38. The van der Waals surface area contributed by atoms with E-state index in [1.807, 2.05) is 19.0 Å². The fraction of sp³-hybridized carbons (Fsp3) is 0.304. The summed E-state index contributed by atoms with van der Waals surface area (Å²) in [6, 6.07) is 8.66. The number of benzene rings is 2. The maximum absolute atomic E-state index is 13.0. The van der Waals surface area contributed by atoms with Crippen LogP contribution in [-0.2, 0) is 9.59 Å². The molecular formula is C23H25BrN2O6. The molecule has 9 heteroatoms. The quantitative estimate of drug-likeness (QED) is 0.339. The number of phenolic OH excluding ortho intramolecular Hbond substituents is 1. The first-order chi connectivity index (χ1) is 15.2. The summed E-state index contributed by atoms with van der Waals surface area (Å²) in [7, 11) is 6.67. The lowest BCUT2D eigenvalue weighted by Gasteiger charge is -2.27. The summed E-state index contributed by atoms with van der Waals surface area (Å²) in [5.41, 5.74) is 0.789. The number of rotatable bonds is 7. The number of nitrogens with zero attached hydrogens (tertiary/aromatic N) is 2. The Labute approximate surface area is 194 Å². The van der Waals surface area contributed by atoms with Crippen LogP contribution in [0.3, 0.4) is 0 Å². The van der Waals surface area contributed by atoms with Crippen LogP contribution in [0.4, 0.5) is 0 Å². The number of aliphatic hydroxyl groups excluding tert-OH is 1. The second-order valence-corrected chi connectivity index (χ2v) is 8.43. The lowest BCUT2D eigenvalue weighted by atomic mass is 9.95. The van der Waals surface area contributed by atoms with Gasteiger partial charge in [0.25, 0.3) is 11.7 Å². The molecule has 0 spiro atoms. The topological polar surface area (TPSA) is 99.5 Å². The molecule has 0 bridgehead atoms. The summed E-state index contributed by atoms with van der Waals surface area (Å²) in [5.74, 6) is -1.10. The Bertz CT molecular complexity index is 1080. The van der Waals surface area contributed by atoms with Crippen molar-refractivity contribution in [3.63, 3.8) is 0 Å². The van der Waals surface area contributed by atoms with Crippen molar-refractivity contribution in [2.75, 3.05) is 41.4 Å². The van der Waals surface area contributed by atoms with Crippen LogP contribution in [0.1, 0.15) is 17.2 Å². The second-order valence-electron chi connectivity index (χ2n) is 7.58. The molecule has 1 unspecified atom stereocenters. The van der Waals surface area contributed by atoms with Gasteiger partial charge in [-0.3, -0.25) is 9.59 Å². The summed E-state index contributed by atoms with van der Waals surface area (Å²) < 4.78 is 10.9. The zero-order valence-electron chi connectivity index (χ0n) is 18.3. The van der Waals surface area contributed by atoms with Gasteiger partial charge >= 0.3 is 0 Å². The number of hydrogen-bond donors (Lipinski definition) is 2. The van der Waals surface area contributed by atoms with Gasteiger partial charge in [0.05, 0.1) is 30.3 Å². The van der Waals surface area contributed by atoms with E-state index in [1.165, 1.54) is 25.2 Å². The monoisotopic (exact) mass is 504 g/mol. The highest BCUT2D eigenvalue weighted by Gasteiger charge is 2.46. The highest BCUT2D eigenvalue weighted by atomic mass is 79.9. The van der Waals surface area contributed by atoms with E-state index in [1.54, 1.807) is 30.3 Å². The third kappa shape index (κ3) is 4.44. The van der Waals surface area contributed by atoms with Gasteiger partial charge in [0, 0.05) is 18.7 Å². The summed E-state index contributed by atoms with van der Waals surface area (Å²) in [6.45, 7) is 0.776. The Kier molecular flexibility index (Phi) is 7.10. The van der Waals surface area contributed by atoms with E-state index in [9.17, 15) is 19.8 Å². The molecule has 1 heterocycles. The van der Waals surface area contributed by atoms with Crippen LogP contribution in [0.5, 0.6) is 17.2 Å². The number of amides is 1. The Morgan fingerprint density at radius 3 is 2.31 bits per heavy atom. The normalized spacial score (nSPS) is 17.8. The van der Waals surface area contributed by atoms with E-state index in [0.29, 0.717) is 27.9 Å². The van der Waals surface area contributed by atoms with Crippen molar-refractivity contribution < 1.29 is 29.3 Å². The fourth-order valence-corrected chi connectivity index (χ4v) is 4.15. The number of methoxy groups -OCH3 is 2. The Morgan fingerprint density at radius 1 is 1.09 bits per heavy atom. The number of phenols is 1. The Morgan fingerprint density at radius 2 is 1.75 bits per heavy atom. The van der Waals surface area contributed by atoms with Gasteiger partial charge in [-0.05, 0) is 65.9 Å². The molecule has 0 aliphatic carbocycles. The fourth-order valence-electron chi connectivity index (χ4n) is 3.61. The molecule has 1 amide bonds. The maximum atomic E-state index is 13.0. The molecule has 2 N–H and O–H groups in total. The van der Waals surface area contributed by atoms with Crippen LogP contribution in [0.15, 0.2) is 46.4 Å². The van der Waals surface area contributed by atoms with Crippen molar-refractivity contribution in [1.82, 2.24) is 9.80 Å². The molecule has 2 aromatic carbocycles. The number of aromatic hydroxyl groups is 1. The van der Waals surface area contributed by atoms with Gasteiger partial charge < -0.3 is 29.5 Å². The van der Waals surface area contributed by atoms with Crippen LogP contribution in [0, 0.1) is 0 Å². The molecule has 0 radical (unpaired) electrons. The van der Waals surface area contributed by atoms with E-state index in [2.05, 4.69) is 15.9 Å². The third-order valence-electron chi connectivity index (χ3n) is 5.27. The van der Waals surface area contributed by atoms with Gasteiger partial charge in [0.2, 0.25) is 0 Å². The van der Waals surface area contributed by atoms with Crippen molar-refractivity contribution in [2.45, 2.75) is 6.04 Å². The number of halogens is 1. The number of Topliss-reactive ketones (excluding diaryl/α,β-unsaturated/α-hetero) is 1. The molecule has 8 nitrogen and oxygen atoms in total. The first-order valence-electron chi connectivity index (χ1n) is 9.83. The minimum Gasteiger partial charge on any atom is -0.507 e. The lowest BCUT2D eigenvalue weighted by molar-refractivity contribution is -0.140. The smallest absolute Gasteiger partial charge is 0.295 e. The predicted octanol–water partition coefficient (Wildman–Crippen LogP) is 3.16. The van der Waals surface area contributed by atoms with Gasteiger partial charge in [-0.25, -0.2) is 0 Å². The number of carbonyl (C=O) groups is 2. The maximum Gasteiger partial charge on any atom is 0.295 e. The summed E-state index contributed by atoms with van der Waals surface area (Å²) in [5, 5.41) is 21.4. The number of ether oxygens (including phenoxy) is 2. The SMILES string of the molecule is COc1ccc(C2/C(=C(/O)c3ccc(OC)c(Br)c3)C(=O)C(=O)N2CCN(C)C)cc1O. The number of carbonyl (C=O) groups excluding carboxylic acids is 2. The first kappa shape index (κ1) is 23.6. The predicted molar refractivity (Wildman–Crippen MR) is 123 cm³/mol.